The molecule has 3 nitrogen and oxygen atoms in total. The minimum absolute atomic E-state index is 0.178. The van der Waals surface area contributed by atoms with Crippen LogP contribution in [-0.2, 0) is 0 Å². The van der Waals surface area contributed by atoms with Crippen LogP contribution in [0.4, 0.5) is 0 Å². The van der Waals surface area contributed by atoms with Gasteiger partial charge in [-0.05, 0) is 46.2 Å². The van der Waals surface area contributed by atoms with E-state index in [1.165, 1.54) is 83.7 Å². The van der Waals surface area contributed by atoms with Gasteiger partial charge in [0.2, 0.25) is 0 Å². The topological polar surface area (TPSA) is 41.3 Å². The number of hydrogen-bond donors (Lipinski definition) is 2. The summed E-state index contributed by atoms with van der Waals surface area (Å²) in [6, 6.07) is 0.409. The molecule has 1 saturated heterocycles. The molecule has 0 aliphatic carbocycles. The fraction of sp³-hybridized carbons (Fsp3) is 1.00. The van der Waals surface area contributed by atoms with Crippen molar-refractivity contribution in [1.82, 2.24) is 10.3 Å². The van der Waals surface area contributed by atoms with Crippen LogP contribution in [0.2, 0.25) is 0 Å². The Morgan fingerprint density at radius 1 is 0.952 bits per heavy atom. The Hall–Kier alpha value is -0.120. The van der Waals surface area contributed by atoms with Crippen molar-refractivity contribution in [3.8, 4) is 0 Å². The number of nitrogens with two attached hydrogens (primary N) is 1. The first-order valence-corrected chi connectivity index (χ1v) is 9.34. The molecule has 21 heavy (non-hydrogen) atoms. The molecule has 1 aliphatic heterocycles. The molecule has 1 rings (SSSR count). The van der Waals surface area contributed by atoms with E-state index in [0.717, 1.165) is 0 Å². The van der Waals surface area contributed by atoms with E-state index >= 15 is 0 Å². The molecule has 1 atom stereocenters. The summed E-state index contributed by atoms with van der Waals surface area (Å²) in [6.07, 6.45) is 14.9. The third-order valence-electron chi connectivity index (χ3n) is 5.32. The molecule has 3 N–H and O–H groups in total. The SMILES string of the molecule is CCCCCCCCCC(NN)C(C)(C)N1CCCCC1. The lowest BCUT2D eigenvalue weighted by Crippen LogP contribution is -2.60. The second-order valence-corrected chi connectivity index (χ2v) is 7.33. The van der Waals surface area contributed by atoms with Gasteiger partial charge >= 0.3 is 0 Å². The Morgan fingerprint density at radius 3 is 2.10 bits per heavy atom. The summed E-state index contributed by atoms with van der Waals surface area (Å²) in [5, 5.41) is 0. The van der Waals surface area contributed by atoms with Crippen LogP contribution in [0, 0.1) is 0 Å². The minimum Gasteiger partial charge on any atom is -0.297 e. The minimum atomic E-state index is 0.178. The standard InChI is InChI=1S/C18H39N3/c1-4-5-6-7-8-9-11-14-17(20-19)18(2,3)21-15-12-10-13-16-21/h17,20H,4-16,19H2,1-3H3. The number of nitrogens with one attached hydrogen (secondary N) is 1. The van der Waals surface area contributed by atoms with Gasteiger partial charge in [0.15, 0.2) is 0 Å². The molecule has 1 unspecified atom stereocenters. The molecule has 0 spiro atoms. The number of hydrogen-bond acceptors (Lipinski definition) is 3. The molecule has 0 amide bonds. The van der Waals surface area contributed by atoms with Gasteiger partial charge < -0.3 is 0 Å². The van der Waals surface area contributed by atoms with Crippen molar-refractivity contribution >= 4 is 0 Å². The zero-order valence-electron chi connectivity index (χ0n) is 14.8. The lowest BCUT2D eigenvalue weighted by molar-refractivity contribution is 0.0573. The predicted molar refractivity (Wildman–Crippen MR) is 93.2 cm³/mol. The van der Waals surface area contributed by atoms with Crippen LogP contribution in [0.5, 0.6) is 0 Å². The molecule has 1 heterocycles. The van der Waals surface area contributed by atoms with Crippen LogP contribution in [0.15, 0.2) is 0 Å². The lowest BCUT2D eigenvalue weighted by Gasteiger charge is -2.46. The summed E-state index contributed by atoms with van der Waals surface area (Å²) in [5.74, 6) is 5.87. The van der Waals surface area contributed by atoms with Crippen LogP contribution in [0.25, 0.3) is 0 Å². The van der Waals surface area contributed by atoms with Crippen molar-refractivity contribution in [1.29, 1.82) is 0 Å². The summed E-state index contributed by atoms with van der Waals surface area (Å²) in [4.78, 5) is 2.64. The number of likely N-dealkylation sites (tertiary alicyclic amines) is 1. The van der Waals surface area contributed by atoms with Crippen LogP contribution < -0.4 is 11.3 Å². The smallest absolute Gasteiger partial charge is 0.0389 e. The van der Waals surface area contributed by atoms with E-state index in [2.05, 4.69) is 31.1 Å². The fourth-order valence-corrected chi connectivity index (χ4v) is 3.64. The number of nitrogens with zero attached hydrogens (tertiary/aromatic N) is 1. The second-order valence-electron chi connectivity index (χ2n) is 7.33. The van der Waals surface area contributed by atoms with Gasteiger partial charge in [-0.15, -0.1) is 0 Å². The summed E-state index contributed by atoms with van der Waals surface area (Å²) in [6.45, 7) is 9.48. The molecule has 0 aromatic rings. The van der Waals surface area contributed by atoms with E-state index in [-0.39, 0.29) is 5.54 Å². The lowest BCUT2D eigenvalue weighted by atomic mass is 9.87. The highest BCUT2D eigenvalue weighted by atomic mass is 15.3. The number of unbranched alkanes of at least 4 members (excludes halogenated alkanes) is 6. The molecule has 0 saturated carbocycles. The molecule has 0 radical (unpaired) electrons. The van der Waals surface area contributed by atoms with Crippen molar-refractivity contribution in [2.45, 2.75) is 103 Å². The van der Waals surface area contributed by atoms with Crippen molar-refractivity contribution in [3.05, 3.63) is 0 Å². The predicted octanol–water partition coefficient (Wildman–Crippen LogP) is 4.22. The Bertz CT molecular complexity index is 247. The molecular weight excluding hydrogens is 258 g/mol. The highest BCUT2D eigenvalue weighted by Crippen LogP contribution is 2.26. The van der Waals surface area contributed by atoms with E-state index in [9.17, 15) is 0 Å². The van der Waals surface area contributed by atoms with Gasteiger partial charge in [-0.25, -0.2) is 0 Å². The average molecular weight is 298 g/mol. The molecule has 0 aromatic carbocycles. The third kappa shape index (κ3) is 6.66. The average Bonchev–Trinajstić information content (AvgIpc) is 2.50. The van der Waals surface area contributed by atoms with Gasteiger partial charge in [0.05, 0.1) is 0 Å². The highest BCUT2D eigenvalue weighted by Gasteiger charge is 2.34. The van der Waals surface area contributed by atoms with Gasteiger partial charge in [-0.3, -0.25) is 16.2 Å². The van der Waals surface area contributed by atoms with Gasteiger partial charge in [-0.1, -0.05) is 58.3 Å². The largest absolute Gasteiger partial charge is 0.297 e. The van der Waals surface area contributed by atoms with Crippen LogP contribution in [-0.4, -0.2) is 29.6 Å². The molecule has 0 aromatic heterocycles. The molecule has 0 bridgehead atoms. The molecule has 3 heteroatoms. The van der Waals surface area contributed by atoms with E-state index in [1.54, 1.807) is 0 Å². The van der Waals surface area contributed by atoms with Crippen molar-refractivity contribution in [3.63, 3.8) is 0 Å². The van der Waals surface area contributed by atoms with E-state index in [0.29, 0.717) is 6.04 Å². The molecular formula is C18H39N3. The maximum absolute atomic E-state index is 5.87. The maximum atomic E-state index is 5.87. The van der Waals surface area contributed by atoms with E-state index in [1.807, 2.05) is 0 Å². The highest BCUT2D eigenvalue weighted by molar-refractivity contribution is 4.93. The summed E-state index contributed by atoms with van der Waals surface area (Å²) < 4.78 is 0. The van der Waals surface area contributed by atoms with Crippen LogP contribution in [0.1, 0.15) is 91.4 Å². The van der Waals surface area contributed by atoms with Crippen molar-refractivity contribution in [2.24, 2.45) is 5.84 Å². The summed E-state index contributed by atoms with van der Waals surface area (Å²) >= 11 is 0. The van der Waals surface area contributed by atoms with Gasteiger partial charge in [0, 0.05) is 11.6 Å². The summed E-state index contributed by atoms with van der Waals surface area (Å²) in [7, 11) is 0. The van der Waals surface area contributed by atoms with Gasteiger partial charge in [-0.2, -0.15) is 0 Å². The zero-order valence-corrected chi connectivity index (χ0v) is 14.8. The third-order valence-corrected chi connectivity index (χ3v) is 5.32. The first-order valence-electron chi connectivity index (χ1n) is 9.34. The number of hydrazine groups is 1. The summed E-state index contributed by atoms with van der Waals surface area (Å²) in [5.41, 5.74) is 3.29. The van der Waals surface area contributed by atoms with Crippen LogP contribution in [0.3, 0.4) is 0 Å². The number of piperidine rings is 1. The quantitative estimate of drug-likeness (QED) is 0.341. The Balaban J connectivity index is 2.25. The van der Waals surface area contributed by atoms with E-state index < -0.39 is 0 Å². The Labute approximate surface area is 133 Å². The first kappa shape index (κ1) is 18.9. The monoisotopic (exact) mass is 297 g/mol. The first-order chi connectivity index (χ1) is 10.1. The van der Waals surface area contributed by atoms with Gasteiger partial charge in [0.1, 0.15) is 0 Å². The molecule has 126 valence electrons. The second kappa shape index (κ2) is 10.6. The molecule has 1 aliphatic rings. The van der Waals surface area contributed by atoms with Crippen LogP contribution >= 0.6 is 0 Å². The maximum Gasteiger partial charge on any atom is 0.0389 e. The van der Waals surface area contributed by atoms with Crippen molar-refractivity contribution < 1.29 is 0 Å². The Morgan fingerprint density at radius 2 is 1.52 bits per heavy atom. The zero-order chi connectivity index (χ0) is 15.6. The molecule has 1 fully saturated rings. The van der Waals surface area contributed by atoms with E-state index in [4.69, 9.17) is 5.84 Å². The fourth-order valence-electron chi connectivity index (χ4n) is 3.64. The Kier molecular flexibility index (Phi) is 9.54. The number of rotatable bonds is 11. The van der Waals surface area contributed by atoms with Crippen molar-refractivity contribution in [2.75, 3.05) is 13.1 Å². The van der Waals surface area contributed by atoms with Gasteiger partial charge in [0.25, 0.3) is 0 Å². The normalized spacial score (nSPS) is 18.9.